The second kappa shape index (κ2) is 4.17. The Labute approximate surface area is 78.5 Å². The molecular weight excluding hydrogens is 192 g/mol. The lowest BCUT2D eigenvalue weighted by atomic mass is 10.5. The Balaban J connectivity index is 2.71. The summed E-state index contributed by atoms with van der Waals surface area (Å²) in [7, 11) is -3.32. The highest BCUT2D eigenvalue weighted by molar-refractivity contribution is 7.87. The van der Waals surface area contributed by atoms with Gasteiger partial charge < -0.3 is 4.79 Å². The van der Waals surface area contributed by atoms with Crippen LogP contribution in [0, 0.1) is 0 Å². The molecule has 13 heavy (non-hydrogen) atoms. The van der Waals surface area contributed by atoms with E-state index >= 15 is 0 Å². The molecule has 0 aromatic carbocycles. The molecule has 0 aromatic heterocycles. The maximum Gasteiger partial charge on any atom is 0.282 e. The molecule has 0 amide bonds. The zero-order chi connectivity index (χ0) is 9.90. The van der Waals surface area contributed by atoms with Gasteiger partial charge in [0.2, 0.25) is 0 Å². The van der Waals surface area contributed by atoms with Crippen molar-refractivity contribution >= 4 is 16.5 Å². The smallest absolute Gasteiger partial charge is 0.282 e. The van der Waals surface area contributed by atoms with E-state index < -0.39 is 10.2 Å². The molecule has 0 aromatic rings. The minimum absolute atomic E-state index is 0.0253. The number of hydrogen-bond acceptors (Lipinski definition) is 3. The molecule has 0 saturated carbocycles. The van der Waals surface area contributed by atoms with Crippen molar-refractivity contribution in [1.82, 2.24) is 8.61 Å². The Morgan fingerprint density at radius 2 is 1.92 bits per heavy atom. The monoisotopic (exact) mass is 206 g/mol. The summed E-state index contributed by atoms with van der Waals surface area (Å²) in [6, 6.07) is 0. The molecule has 1 aliphatic rings. The van der Waals surface area contributed by atoms with Gasteiger partial charge in [-0.3, -0.25) is 0 Å². The van der Waals surface area contributed by atoms with Gasteiger partial charge in [-0.1, -0.05) is 6.92 Å². The quantitative estimate of drug-likeness (QED) is 0.580. The van der Waals surface area contributed by atoms with Gasteiger partial charge in [0, 0.05) is 19.6 Å². The highest BCUT2D eigenvalue weighted by Crippen LogP contribution is 2.15. The Morgan fingerprint density at radius 3 is 2.46 bits per heavy atom. The van der Waals surface area contributed by atoms with E-state index in [2.05, 4.69) is 0 Å². The predicted molar refractivity (Wildman–Crippen MR) is 48.4 cm³/mol. The van der Waals surface area contributed by atoms with Crippen molar-refractivity contribution in [3.05, 3.63) is 0 Å². The summed E-state index contributed by atoms with van der Waals surface area (Å²) in [4.78, 5) is 10.2. The van der Waals surface area contributed by atoms with E-state index in [1.807, 2.05) is 6.92 Å². The van der Waals surface area contributed by atoms with Crippen LogP contribution in [0.1, 0.15) is 13.3 Å². The topological polar surface area (TPSA) is 57.7 Å². The SMILES string of the molecule is CCCN1CCN(CC=O)S1(=O)=O. The standard InChI is InChI=1S/C7H14N2O3S/c1-2-3-8-4-5-9(6-7-10)13(8,11)12/h7H,2-6H2,1H3. The molecule has 1 fully saturated rings. The van der Waals surface area contributed by atoms with Gasteiger partial charge in [-0.05, 0) is 6.42 Å². The average molecular weight is 206 g/mol. The van der Waals surface area contributed by atoms with Crippen molar-refractivity contribution in [3.8, 4) is 0 Å². The highest BCUT2D eigenvalue weighted by atomic mass is 32.2. The first kappa shape index (κ1) is 10.6. The molecule has 1 heterocycles. The van der Waals surface area contributed by atoms with Gasteiger partial charge >= 0.3 is 0 Å². The minimum Gasteiger partial charge on any atom is -0.302 e. The van der Waals surface area contributed by atoms with E-state index in [-0.39, 0.29) is 6.54 Å². The summed E-state index contributed by atoms with van der Waals surface area (Å²) in [5.41, 5.74) is 0. The summed E-state index contributed by atoms with van der Waals surface area (Å²) in [5, 5.41) is 0. The molecule has 0 atom stereocenters. The van der Waals surface area contributed by atoms with Gasteiger partial charge in [0.1, 0.15) is 6.29 Å². The third-order valence-electron chi connectivity index (χ3n) is 2.00. The Bertz CT molecular complexity index is 275. The summed E-state index contributed by atoms with van der Waals surface area (Å²) in [6.07, 6.45) is 1.42. The van der Waals surface area contributed by atoms with E-state index in [4.69, 9.17) is 0 Å². The number of carbonyl (C=O) groups is 1. The van der Waals surface area contributed by atoms with Gasteiger partial charge in [-0.25, -0.2) is 0 Å². The molecule has 0 aliphatic carbocycles. The highest BCUT2D eigenvalue weighted by Gasteiger charge is 2.35. The second-order valence-corrected chi connectivity index (χ2v) is 4.86. The van der Waals surface area contributed by atoms with Gasteiger partial charge in [0.05, 0.1) is 6.54 Å². The first-order valence-corrected chi connectivity index (χ1v) is 5.71. The number of hydrogen-bond donors (Lipinski definition) is 0. The van der Waals surface area contributed by atoms with Crippen LogP contribution >= 0.6 is 0 Å². The van der Waals surface area contributed by atoms with Gasteiger partial charge in [-0.15, -0.1) is 0 Å². The van der Waals surface area contributed by atoms with Crippen LogP contribution < -0.4 is 0 Å². The van der Waals surface area contributed by atoms with Crippen LogP contribution in [0.2, 0.25) is 0 Å². The van der Waals surface area contributed by atoms with Crippen molar-refractivity contribution in [1.29, 1.82) is 0 Å². The molecule has 0 unspecified atom stereocenters. The molecule has 6 heteroatoms. The molecule has 76 valence electrons. The number of nitrogens with zero attached hydrogens (tertiary/aromatic N) is 2. The van der Waals surface area contributed by atoms with E-state index in [0.29, 0.717) is 25.9 Å². The fraction of sp³-hybridized carbons (Fsp3) is 0.857. The lowest BCUT2D eigenvalue weighted by Gasteiger charge is -2.15. The van der Waals surface area contributed by atoms with E-state index in [1.165, 1.54) is 8.61 Å². The Kier molecular flexibility index (Phi) is 3.40. The zero-order valence-corrected chi connectivity index (χ0v) is 8.46. The van der Waals surface area contributed by atoms with Crippen LogP contribution in [0.25, 0.3) is 0 Å². The van der Waals surface area contributed by atoms with Crippen LogP contribution in [0.5, 0.6) is 0 Å². The first-order chi connectivity index (χ1) is 6.12. The van der Waals surface area contributed by atoms with E-state index in [9.17, 15) is 13.2 Å². The molecule has 0 N–H and O–H groups in total. The molecular formula is C7H14N2O3S. The molecule has 1 saturated heterocycles. The van der Waals surface area contributed by atoms with Crippen LogP contribution in [0.15, 0.2) is 0 Å². The molecule has 0 radical (unpaired) electrons. The fourth-order valence-corrected chi connectivity index (χ4v) is 2.98. The van der Waals surface area contributed by atoms with Crippen molar-refractivity contribution in [2.45, 2.75) is 13.3 Å². The largest absolute Gasteiger partial charge is 0.302 e. The van der Waals surface area contributed by atoms with Crippen molar-refractivity contribution in [2.75, 3.05) is 26.2 Å². The van der Waals surface area contributed by atoms with Gasteiger partial charge in [0.15, 0.2) is 0 Å². The predicted octanol–water partition coefficient (Wildman–Crippen LogP) is -0.542. The zero-order valence-electron chi connectivity index (χ0n) is 7.64. The minimum atomic E-state index is -3.32. The van der Waals surface area contributed by atoms with E-state index in [1.54, 1.807) is 0 Å². The molecule has 1 aliphatic heterocycles. The lowest BCUT2D eigenvalue weighted by Crippen LogP contribution is -2.34. The third-order valence-corrected chi connectivity index (χ3v) is 4.00. The lowest BCUT2D eigenvalue weighted by molar-refractivity contribution is -0.108. The molecule has 5 nitrogen and oxygen atoms in total. The number of aldehydes is 1. The fourth-order valence-electron chi connectivity index (χ4n) is 1.36. The Hall–Kier alpha value is -0.460. The van der Waals surface area contributed by atoms with Gasteiger partial charge in [-0.2, -0.15) is 17.0 Å². The van der Waals surface area contributed by atoms with E-state index in [0.717, 1.165) is 6.42 Å². The number of rotatable bonds is 4. The summed E-state index contributed by atoms with van der Waals surface area (Å²) < 4.78 is 25.7. The van der Waals surface area contributed by atoms with Crippen molar-refractivity contribution in [2.24, 2.45) is 0 Å². The van der Waals surface area contributed by atoms with Crippen LogP contribution in [-0.4, -0.2) is 49.5 Å². The molecule has 0 bridgehead atoms. The normalized spacial score (nSPS) is 23.5. The maximum atomic E-state index is 11.6. The van der Waals surface area contributed by atoms with Crippen LogP contribution in [-0.2, 0) is 15.0 Å². The third kappa shape index (κ3) is 2.07. The summed E-state index contributed by atoms with van der Waals surface area (Å²) in [5.74, 6) is 0. The van der Waals surface area contributed by atoms with Crippen molar-refractivity contribution in [3.63, 3.8) is 0 Å². The summed E-state index contributed by atoms with van der Waals surface area (Å²) >= 11 is 0. The summed E-state index contributed by atoms with van der Waals surface area (Å²) in [6.45, 7) is 3.38. The number of carbonyl (C=O) groups excluding carboxylic acids is 1. The van der Waals surface area contributed by atoms with Crippen LogP contribution in [0.4, 0.5) is 0 Å². The molecule has 0 spiro atoms. The second-order valence-electron chi connectivity index (χ2n) is 2.93. The Morgan fingerprint density at radius 1 is 1.31 bits per heavy atom. The average Bonchev–Trinajstić information content (AvgIpc) is 2.33. The van der Waals surface area contributed by atoms with Crippen molar-refractivity contribution < 1.29 is 13.2 Å². The maximum absolute atomic E-state index is 11.6. The van der Waals surface area contributed by atoms with Crippen LogP contribution in [0.3, 0.4) is 0 Å². The molecule has 1 rings (SSSR count). The first-order valence-electron chi connectivity index (χ1n) is 4.31. The van der Waals surface area contributed by atoms with Gasteiger partial charge in [0.25, 0.3) is 10.2 Å².